The van der Waals surface area contributed by atoms with Crippen molar-refractivity contribution in [2.45, 2.75) is 64.0 Å². The molecule has 0 aliphatic heterocycles. The summed E-state index contributed by atoms with van der Waals surface area (Å²) in [5, 5.41) is 10.6. The maximum absolute atomic E-state index is 12.6. The first kappa shape index (κ1) is 31.3. The minimum Gasteiger partial charge on any atom is -0.450 e. The second kappa shape index (κ2) is 14.4. The zero-order valence-corrected chi connectivity index (χ0v) is 26.3. The van der Waals surface area contributed by atoms with E-state index in [0.29, 0.717) is 11.7 Å². The lowest BCUT2D eigenvalue weighted by molar-refractivity contribution is 0.145. The molecule has 6 nitrogen and oxygen atoms in total. The molecule has 8 heteroatoms. The predicted molar refractivity (Wildman–Crippen MR) is 170 cm³/mol. The Hall–Kier alpha value is -3.20. The van der Waals surface area contributed by atoms with Crippen molar-refractivity contribution >= 4 is 31.7 Å². The highest BCUT2D eigenvalue weighted by Crippen LogP contribution is 2.37. The van der Waals surface area contributed by atoms with Crippen LogP contribution < -0.4 is 16.0 Å². The van der Waals surface area contributed by atoms with Gasteiger partial charge in [0.05, 0.1) is 31.3 Å². The average molecular weight is 578 g/mol. The molecule has 3 aromatic carbocycles. The Kier molecular flexibility index (Phi) is 11.3. The van der Waals surface area contributed by atoms with Gasteiger partial charge in [-0.15, -0.1) is 0 Å². The molecule has 0 saturated heterocycles. The van der Waals surface area contributed by atoms with E-state index in [2.05, 4.69) is 61.9 Å². The first-order valence-electron chi connectivity index (χ1n) is 13.8. The van der Waals surface area contributed by atoms with Gasteiger partial charge in [-0.1, -0.05) is 112 Å². The van der Waals surface area contributed by atoms with Crippen LogP contribution in [0, 0.1) is 0 Å². The molecule has 3 atom stereocenters. The average Bonchev–Trinajstić information content (AvgIpc) is 2.94. The number of ether oxygens (including phenoxy) is 1. The lowest BCUT2D eigenvalue weighted by atomic mass is 9.93. The smallest absolute Gasteiger partial charge is 0.407 e. The Labute approximate surface area is 246 Å². The number of benzene rings is 3. The van der Waals surface area contributed by atoms with E-state index in [4.69, 9.17) is 21.4 Å². The second-order valence-electron chi connectivity index (χ2n) is 11.3. The minimum absolute atomic E-state index is 0.0904. The van der Waals surface area contributed by atoms with E-state index in [1.54, 1.807) is 6.92 Å². The van der Waals surface area contributed by atoms with Gasteiger partial charge in [0.2, 0.25) is 0 Å². The molecule has 0 aliphatic carbocycles. The SMILES string of the molecule is CCOC(=O)N[C@@H](c1ccccc1)[C@@H](NC(=S)N[C@@H](CO[Si](C)(C)C(C)(C)C)c1ccccc1)c1ccccc1. The van der Waals surface area contributed by atoms with Crippen LogP contribution in [0.4, 0.5) is 4.79 Å². The molecule has 0 aliphatic rings. The lowest BCUT2D eigenvalue weighted by Gasteiger charge is -2.38. The number of nitrogens with one attached hydrogen (secondary N) is 3. The van der Waals surface area contributed by atoms with Crippen LogP contribution in [-0.4, -0.2) is 32.7 Å². The van der Waals surface area contributed by atoms with E-state index < -0.39 is 20.5 Å². The number of hydrogen-bond acceptors (Lipinski definition) is 4. The van der Waals surface area contributed by atoms with E-state index >= 15 is 0 Å². The molecule has 0 heterocycles. The molecule has 40 heavy (non-hydrogen) atoms. The van der Waals surface area contributed by atoms with Crippen molar-refractivity contribution in [3.05, 3.63) is 108 Å². The van der Waals surface area contributed by atoms with Crippen LogP contribution in [0.15, 0.2) is 91.0 Å². The van der Waals surface area contributed by atoms with Crippen molar-refractivity contribution in [3.63, 3.8) is 0 Å². The minimum atomic E-state index is -1.99. The van der Waals surface area contributed by atoms with E-state index in [1.807, 2.05) is 78.9 Å². The molecule has 214 valence electrons. The van der Waals surface area contributed by atoms with Crippen molar-refractivity contribution in [1.29, 1.82) is 0 Å². The molecular weight excluding hydrogens is 535 g/mol. The fraction of sp³-hybridized carbons (Fsp3) is 0.375. The summed E-state index contributed by atoms with van der Waals surface area (Å²) in [6.07, 6.45) is -0.483. The lowest BCUT2D eigenvalue weighted by Crippen LogP contribution is -2.47. The van der Waals surface area contributed by atoms with E-state index in [9.17, 15) is 4.79 Å². The molecule has 3 rings (SSSR count). The summed E-state index contributed by atoms with van der Waals surface area (Å²) in [5.41, 5.74) is 3.00. The third kappa shape index (κ3) is 8.91. The number of alkyl carbamates (subject to hydrolysis) is 1. The standard InChI is InChI=1S/C32H43N3O3SSi/c1-7-37-31(36)35-29(26-21-15-10-16-22-26)28(25-19-13-9-14-20-25)34-30(39)33-27(24-17-11-8-12-18-24)23-38-40(5,6)32(2,3)4/h8-22,27-29H,7,23H2,1-6H3,(H,35,36)(H2,33,34,39)/t27-,28-,29-/m0/s1. The molecule has 0 unspecified atom stereocenters. The molecule has 3 aromatic rings. The van der Waals surface area contributed by atoms with Gasteiger partial charge in [0.25, 0.3) is 0 Å². The number of rotatable bonds is 11. The Morgan fingerprint density at radius 1 is 0.775 bits per heavy atom. The van der Waals surface area contributed by atoms with Crippen LogP contribution in [0.3, 0.4) is 0 Å². The summed E-state index contributed by atoms with van der Waals surface area (Å²) in [6.45, 7) is 13.8. The first-order valence-corrected chi connectivity index (χ1v) is 17.1. The van der Waals surface area contributed by atoms with Crippen molar-refractivity contribution in [1.82, 2.24) is 16.0 Å². The maximum Gasteiger partial charge on any atom is 0.407 e. The largest absolute Gasteiger partial charge is 0.450 e. The molecule has 0 spiro atoms. The van der Waals surface area contributed by atoms with Crippen molar-refractivity contribution in [2.24, 2.45) is 0 Å². The van der Waals surface area contributed by atoms with Gasteiger partial charge < -0.3 is 25.1 Å². The molecular formula is C32H43N3O3SSi. The normalized spacial score (nSPS) is 13.9. The van der Waals surface area contributed by atoms with Crippen molar-refractivity contribution < 1.29 is 14.0 Å². The number of amides is 1. The Bertz CT molecular complexity index is 1200. The predicted octanol–water partition coefficient (Wildman–Crippen LogP) is 7.44. The summed E-state index contributed by atoms with van der Waals surface area (Å²) in [5.74, 6) is 0. The Morgan fingerprint density at radius 3 is 1.68 bits per heavy atom. The van der Waals surface area contributed by atoms with Gasteiger partial charge in [-0.05, 0) is 54.0 Å². The number of carbonyl (C=O) groups is 1. The van der Waals surface area contributed by atoms with Gasteiger partial charge >= 0.3 is 6.09 Å². The van der Waals surface area contributed by atoms with Gasteiger partial charge in [-0.2, -0.15) is 0 Å². The molecule has 0 aromatic heterocycles. The third-order valence-electron chi connectivity index (χ3n) is 7.41. The number of thiocarbonyl (C=S) groups is 1. The van der Waals surface area contributed by atoms with Crippen LogP contribution in [0.25, 0.3) is 0 Å². The van der Waals surface area contributed by atoms with E-state index in [0.717, 1.165) is 16.7 Å². The molecule has 0 bridgehead atoms. The van der Waals surface area contributed by atoms with Gasteiger partial charge in [-0.25, -0.2) is 4.79 Å². The number of carbonyl (C=O) groups excluding carboxylic acids is 1. The second-order valence-corrected chi connectivity index (χ2v) is 16.5. The number of hydrogen-bond donors (Lipinski definition) is 3. The highest BCUT2D eigenvalue weighted by atomic mass is 32.1. The third-order valence-corrected chi connectivity index (χ3v) is 12.1. The van der Waals surface area contributed by atoms with Crippen molar-refractivity contribution in [3.8, 4) is 0 Å². The quantitative estimate of drug-likeness (QED) is 0.162. The van der Waals surface area contributed by atoms with Crippen LogP contribution >= 0.6 is 12.2 Å². The van der Waals surface area contributed by atoms with Crippen LogP contribution in [0.1, 0.15) is 62.5 Å². The summed E-state index contributed by atoms with van der Waals surface area (Å²) >= 11 is 5.91. The Morgan fingerprint density at radius 2 is 1.23 bits per heavy atom. The first-order chi connectivity index (χ1) is 19.0. The summed E-state index contributed by atoms with van der Waals surface area (Å²) in [6, 6.07) is 29.1. The topological polar surface area (TPSA) is 71.6 Å². The van der Waals surface area contributed by atoms with Gasteiger partial charge in [-0.3, -0.25) is 0 Å². The fourth-order valence-electron chi connectivity index (χ4n) is 4.09. The van der Waals surface area contributed by atoms with Gasteiger partial charge in [0.1, 0.15) is 0 Å². The molecule has 0 radical (unpaired) electrons. The van der Waals surface area contributed by atoms with Crippen LogP contribution in [-0.2, 0) is 9.16 Å². The zero-order chi connectivity index (χ0) is 29.2. The summed E-state index contributed by atoms with van der Waals surface area (Å²) in [7, 11) is -1.99. The van der Waals surface area contributed by atoms with Gasteiger partial charge in [0, 0.05) is 0 Å². The molecule has 0 fully saturated rings. The maximum atomic E-state index is 12.6. The molecule has 0 saturated carbocycles. The zero-order valence-electron chi connectivity index (χ0n) is 24.4. The monoisotopic (exact) mass is 577 g/mol. The van der Waals surface area contributed by atoms with Crippen LogP contribution in [0.5, 0.6) is 0 Å². The highest BCUT2D eigenvalue weighted by Gasteiger charge is 2.38. The van der Waals surface area contributed by atoms with E-state index in [-0.39, 0.29) is 23.7 Å². The van der Waals surface area contributed by atoms with Gasteiger partial charge in [0.15, 0.2) is 13.4 Å². The Balaban J connectivity index is 1.90. The summed E-state index contributed by atoms with van der Waals surface area (Å²) in [4.78, 5) is 12.6. The van der Waals surface area contributed by atoms with E-state index in [1.165, 1.54) is 0 Å². The highest BCUT2D eigenvalue weighted by molar-refractivity contribution is 7.80. The van der Waals surface area contributed by atoms with Crippen LogP contribution in [0.2, 0.25) is 18.1 Å². The van der Waals surface area contributed by atoms with Crippen molar-refractivity contribution in [2.75, 3.05) is 13.2 Å². The molecule has 3 N–H and O–H groups in total. The fourth-order valence-corrected chi connectivity index (χ4v) is 5.38. The molecule has 1 amide bonds. The summed E-state index contributed by atoms with van der Waals surface area (Å²) < 4.78 is 11.9.